The minimum absolute atomic E-state index is 0.114. The summed E-state index contributed by atoms with van der Waals surface area (Å²) in [5.74, 6) is -0.190. The number of nitrogens with zero attached hydrogens (tertiary/aromatic N) is 3. The van der Waals surface area contributed by atoms with Gasteiger partial charge in [0.15, 0.2) is 0 Å². The summed E-state index contributed by atoms with van der Waals surface area (Å²) in [4.78, 5) is 10.0. The Morgan fingerprint density at radius 1 is 0.762 bits per heavy atom. The highest BCUT2D eigenvalue weighted by atomic mass is 19.4. The van der Waals surface area contributed by atoms with Crippen molar-refractivity contribution in [3.63, 3.8) is 0 Å². The molecule has 0 aliphatic carbocycles. The number of rotatable bonds is 2. The molecule has 0 radical (unpaired) electrons. The molecule has 2 aromatic heterocycles. The van der Waals surface area contributed by atoms with Crippen molar-refractivity contribution >= 4 is 11.6 Å². The fourth-order valence-corrected chi connectivity index (χ4v) is 1.30. The topological polar surface area (TPSA) is 50.7 Å². The van der Waals surface area contributed by atoms with Gasteiger partial charge in [0, 0.05) is 12.4 Å². The fraction of sp³-hybridized carbons (Fsp3) is 0.182. The molecule has 0 spiro atoms. The van der Waals surface area contributed by atoms with Crippen molar-refractivity contribution in [2.24, 2.45) is 0 Å². The van der Waals surface area contributed by atoms with E-state index in [2.05, 4.69) is 20.3 Å². The van der Waals surface area contributed by atoms with Crippen LogP contribution in [0.3, 0.4) is 0 Å². The van der Waals surface area contributed by atoms with Gasteiger partial charge in [0.2, 0.25) is 5.95 Å². The Morgan fingerprint density at radius 3 is 1.81 bits per heavy atom. The average Bonchev–Trinajstić information content (AvgIpc) is 2.38. The minimum Gasteiger partial charge on any atom is -0.323 e. The molecule has 1 N–H and O–H groups in total. The van der Waals surface area contributed by atoms with E-state index in [0.717, 1.165) is 18.3 Å². The first-order valence-corrected chi connectivity index (χ1v) is 5.36. The van der Waals surface area contributed by atoms with Crippen molar-refractivity contribution < 1.29 is 26.3 Å². The third-order valence-corrected chi connectivity index (χ3v) is 2.29. The van der Waals surface area contributed by atoms with Crippen LogP contribution in [-0.2, 0) is 12.4 Å². The van der Waals surface area contributed by atoms with Gasteiger partial charge in [0.1, 0.15) is 5.69 Å². The van der Waals surface area contributed by atoms with Crippen molar-refractivity contribution in [3.8, 4) is 0 Å². The van der Waals surface area contributed by atoms with Gasteiger partial charge in [-0.05, 0) is 12.1 Å². The Labute approximate surface area is 113 Å². The first-order valence-electron chi connectivity index (χ1n) is 5.36. The molecule has 112 valence electrons. The van der Waals surface area contributed by atoms with Crippen LogP contribution >= 0.6 is 0 Å². The smallest absolute Gasteiger partial charge is 0.323 e. The normalized spacial score (nSPS) is 12.3. The number of nitrogens with one attached hydrogen (secondary N) is 1. The molecule has 0 unspecified atom stereocenters. The zero-order valence-corrected chi connectivity index (χ0v) is 10.00. The molecule has 2 rings (SSSR count). The van der Waals surface area contributed by atoms with E-state index in [1.165, 1.54) is 0 Å². The number of aromatic nitrogens is 3. The number of alkyl halides is 6. The summed E-state index contributed by atoms with van der Waals surface area (Å²) in [5, 5.41) is 2.44. The van der Waals surface area contributed by atoms with E-state index in [9.17, 15) is 26.3 Å². The monoisotopic (exact) mass is 308 g/mol. The molecular weight excluding hydrogens is 302 g/mol. The van der Waals surface area contributed by atoms with Gasteiger partial charge in [-0.2, -0.15) is 26.3 Å². The molecule has 4 nitrogen and oxygen atoms in total. The molecule has 2 aromatic rings. The Bertz CT molecular complexity index is 547. The molecule has 0 aliphatic heterocycles. The molecular formula is C11H6F6N4. The second-order valence-electron chi connectivity index (χ2n) is 3.85. The quantitative estimate of drug-likeness (QED) is 0.860. The Kier molecular flexibility index (Phi) is 3.71. The SMILES string of the molecule is FC(F)(F)c1cnc(Nc2ccc(C(F)(F)F)nc2)nc1. The fourth-order valence-electron chi connectivity index (χ4n) is 1.30. The third kappa shape index (κ3) is 3.80. The van der Waals surface area contributed by atoms with Crippen LogP contribution in [0.4, 0.5) is 38.0 Å². The van der Waals surface area contributed by atoms with Crippen molar-refractivity contribution in [3.05, 3.63) is 42.0 Å². The van der Waals surface area contributed by atoms with Crippen LogP contribution in [0.25, 0.3) is 0 Å². The van der Waals surface area contributed by atoms with E-state index < -0.39 is 23.6 Å². The molecule has 0 fully saturated rings. The molecule has 0 atom stereocenters. The predicted molar refractivity (Wildman–Crippen MR) is 59.6 cm³/mol. The third-order valence-electron chi connectivity index (χ3n) is 2.29. The average molecular weight is 308 g/mol. The maximum atomic E-state index is 12.3. The van der Waals surface area contributed by atoms with Gasteiger partial charge >= 0.3 is 12.4 Å². The number of hydrogen-bond donors (Lipinski definition) is 1. The summed E-state index contributed by atoms with van der Waals surface area (Å²) in [6, 6.07) is 1.79. The van der Waals surface area contributed by atoms with Gasteiger partial charge in [0.05, 0.1) is 17.4 Å². The van der Waals surface area contributed by atoms with E-state index in [1.807, 2.05) is 0 Å². The Balaban J connectivity index is 2.12. The summed E-state index contributed by atoms with van der Waals surface area (Å²) in [6.07, 6.45) is -7.12. The van der Waals surface area contributed by atoms with Crippen LogP contribution in [-0.4, -0.2) is 15.0 Å². The van der Waals surface area contributed by atoms with Crippen molar-refractivity contribution in [1.29, 1.82) is 0 Å². The highest BCUT2D eigenvalue weighted by Crippen LogP contribution is 2.29. The maximum absolute atomic E-state index is 12.3. The number of halogens is 6. The van der Waals surface area contributed by atoms with Crippen molar-refractivity contribution in [2.45, 2.75) is 12.4 Å². The molecule has 0 saturated heterocycles. The van der Waals surface area contributed by atoms with E-state index in [0.29, 0.717) is 12.4 Å². The van der Waals surface area contributed by atoms with Crippen LogP contribution in [0.2, 0.25) is 0 Å². The van der Waals surface area contributed by atoms with Gasteiger partial charge < -0.3 is 5.32 Å². The van der Waals surface area contributed by atoms with E-state index in [1.54, 1.807) is 0 Å². The minimum atomic E-state index is -4.57. The summed E-state index contributed by atoms with van der Waals surface area (Å²) >= 11 is 0. The van der Waals surface area contributed by atoms with Gasteiger partial charge in [-0.1, -0.05) is 0 Å². The van der Waals surface area contributed by atoms with Gasteiger partial charge in [-0.25, -0.2) is 15.0 Å². The van der Waals surface area contributed by atoms with Crippen molar-refractivity contribution in [2.75, 3.05) is 5.32 Å². The number of anilines is 2. The summed E-state index contributed by atoms with van der Waals surface area (Å²) in [7, 11) is 0. The molecule has 0 amide bonds. The lowest BCUT2D eigenvalue weighted by Gasteiger charge is -2.09. The Morgan fingerprint density at radius 2 is 1.38 bits per heavy atom. The first kappa shape index (κ1) is 15.0. The first-order chi connectivity index (χ1) is 9.66. The lowest BCUT2D eigenvalue weighted by molar-refractivity contribution is -0.141. The molecule has 10 heteroatoms. The van der Waals surface area contributed by atoms with E-state index >= 15 is 0 Å². The highest BCUT2D eigenvalue weighted by molar-refractivity contribution is 5.51. The summed E-state index contributed by atoms with van der Waals surface area (Å²) < 4.78 is 73.7. The second-order valence-corrected chi connectivity index (χ2v) is 3.85. The maximum Gasteiger partial charge on any atom is 0.433 e. The summed E-state index contributed by atoms with van der Waals surface area (Å²) in [6.45, 7) is 0. The van der Waals surface area contributed by atoms with Crippen LogP contribution in [0, 0.1) is 0 Å². The van der Waals surface area contributed by atoms with Gasteiger partial charge in [0.25, 0.3) is 0 Å². The molecule has 0 aliphatic rings. The van der Waals surface area contributed by atoms with Crippen LogP contribution < -0.4 is 5.32 Å². The zero-order chi connectivity index (χ0) is 15.7. The largest absolute Gasteiger partial charge is 0.433 e. The zero-order valence-electron chi connectivity index (χ0n) is 10.00. The van der Waals surface area contributed by atoms with Crippen molar-refractivity contribution in [1.82, 2.24) is 15.0 Å². The lowest BCUT2D eigenvalue weighted by atomic mass is 10.3. The molecule has 0 saturated carbocycles. The standard InChI is InChI=1S/C11H6F6N4/c12-10(13,14)6-3-19-9(20-4-6)21-7-1-2-8(18-5-7)11(15,16)17/h1-5H,(H,19,20,21). The highest BCUT2D eigenvalue weighted by Gasteiger charge is 2.32. The van der Waals surface area contributed by atoms with E-state index in [-0.39, 0.29) is 11.6 Å². The predicted octanol–water partition coefficient (Wildman–Crippen LogP) is 3.65. The van der Waals surface area contributed by atoms with E-state index in [4.69, 9.17) is 0 Å². The second kappa shape index (κ2) is 5.19. The molecule has 21 heavy (non-hydrogen) atoms. The van der Waals surface area contributed by atoms with Crippen LogP contribution in [0.1, 0.15) is 11.3 Å². The van der Waals surface area contributed by atoms with Crippen LogP contribution in [0.5, 0.6) is 0 Å². The number of pyridine rings is 1. The van der Waals surface area contributed by atoms with Crippen LogP contribution in [0.15, 0.2) is 30.7 Å². The lowest BCUT2D eigenvalue weighted by Crippen LogP contribution is -2.09. The molecule has 0 aromatic carbocycles. The molecule has 0 bridgehead atoms. The van der Waals surface area contributed by atoms with Gasteiger partial charge in [-0.3, -0.25) is 0 Å². The van der Waals surface area contributed by atoms with Gasteiger partial charge in [-0.15, -0.1) is 0 Å². The molecule has 2 heterocycles. The summed E-state index contributed by atoms with van der Waals surface area (Å²) in [5.41, 5.74) is -2.00. The number of hydrogen-bond acceptors (Lipinski definition) is 4. The Hall–Kier alpha value is -2.39.